The third-order valence-electron chi connectivity index (χ3n) is 1.38. The Kier molecular flexibility index (Phi) is 3.99. The van der Waals surface area contributed by atoms with Gasteiger partial charge in [0.2, 0.25) is 0 Å². The molecule has 0 heterocycles. The molecular formula is C7H11NO4. The van der Waals surface area contributed by atoms with Crippen LogP contribution in [-0.4, -0.2) is 28.2 Å². The summed E-state index contributed by atoms with van der Waals surface area (Å²) in [4.78, 5) is 20.6. The molecule has 0 spiro atoms. The number of carboxylic acids is 2. The smallest absolute Gasteiger partial charge is 0.331 e. The van der Waals surface area contributed by atoms with Crippen LogP contribution in [0.3, 0.4) is 0 Å². The highest BCUT2D eigenvalue weighted by atomic mass is 16.4. The first-order valence-electron chi connectivity index (χ1n) is 3.36. The van der Waals surface area contributed by atoms with Gasteiger partial charge in [-0.3, -0.25) is 4.79 Å². The summed E-state index contributed by atoms with van der Waals surface area (Å²) >= 11 is 0. The summed E-state index contributed by atoms with van der Waals surface area (Å²) in [6.07, 6.45) is 1.19. The summed E-state index contributed by atoms with van der Waals surface area (Å²) < 4.78 is 0. The monoisotopic (exact) mass is 173 g/mol. The van der Waals surface area contributed by atoms with Gasteiger partial charge in [-0.25, -0.2) is 4.79 Å². The van der Waals surface area contributed by atoms with E-state index >= 15 is 0 Å². The zero-order chi connectivity index (χ0) is 9.72. The van der Waals surface area contributed by atoms with Gasteiger partial charge in [0.15, 0.2) is 0 Å². The molecule has 0 aromatic carbocycles. The number of carboxylic acid groups (broad SMARTS) is 2. The first-order chi connectivity index (χ1) is 5.49. The van der Waals surface area contributed by atoms with E-state index in [0.29, 0.717) is 0 Å². The van der Waals surface area contributed by atoms with Crippen molar-refractivity contribution in [3.63, 3.8) is 0 Å². The highest BCUT2D eigenvalue weighted by Gasteiger charge is 2.16. The van der Waals surface area contributed by atoms with Gasteiger partial charge in [0.05, 0.1) is 0 Å². The highest BCUT2D eigenvalue weighted by Crippen LogP contribution is 2.04. The summed E-state index contributed by atoms with van der Waals surface area (Å²) in [5.41, 5.74) is 5.15. The van der Waals surface area contributed by atoms with Crippen LogP contribution >= 0.6 is 0 Å². The summed E-state index contributed by atoms with van der Waals surface area (Å²) in [6, 6.07) is -1.15. The third-order valence-corrected chi connectivity index (χ3v) is 1.38. The average Bonchev–Trinajstić information content (AvgIpc) is 1.98. The molecule has 0 amide bonds. The van der Waals surface area contributed by atoms with Crippen LogP contribution in [0.25, 0.3) is 0 Å². The second-order valence-electron chi connectivity index (χ2n) is 2.27. The number of aliphatic carboxylic acids is 2. The summed E-state index contributed by atoms with van der Waals surface area (Å²) in [7, 11) is 0. The fraction of sp³-hybridized carbons (Fsp3) is 0.429. The van der Waals surface area contributed by atoms with Gasteiger partial charge in [0.1, 0.15) is 6.04 Å². The van der Waals surface area contributed by atoms with Crippen molar-refractivity contribution in [3.8, 4) is 0 Å². The van der Waals surface area contributed by atoms with Gasteiger partial charge in [-0.2, -0.15) is 0 Å². The predicted octanol–water partition coefficient (Wildman–Crippen LogP) is -0.181. The van der Waals surface area contributed by atoms with Gasteiger partial charge in [-0.1, -0.05) is 6.08 Å². The SMILES string of the molecule is CC=C(C[C@H](N)C(=O)O)C(=O)O. The molecule has 1 atom stereocenters. The first-order valence-corrected chi connectivity index (χ1v) is 3.36. The Bertz CT molecular complexity index is 221. The predicted molar refractivity (Wildman–Crippen MR) is 41.6 cm³/mol. The molecule has 0 saturated heterocycles. The largest absolute Gasteiger partial charge is 0.480 e. The maximum absolute atomic E-state index is 10.4. The molecule has 0 aromatic rings. The minimum atomic E-state index is -1.20. The van der Waals surface area contributed by atoms with Crippen LogP contribution in [0.2, 0.25) is 0 Å². The molecule has 0 fully saturated rings. The maximum Gasteiger partial charge on any atom is 0.331 e. The van der Waals surface area contributed by atoms with Crippen molar-refractivity contribution >= 4 is 11.9 Å². The van der Waals surface area contributed by atoms with E-state index in [9.17, 15) is 9.59 Å². The van der Waals surface area contributed by atoms with Crippen LogP contribution in [0.1, 0.15) is 13.3 Å². The van der Waals surface area contributed by atoms with E-state index in [1.54, 1.807) is 0 Å². The van der Waals surface area contributed by atoms with Crippen LogP contribution in [-0.2, 0) is 9.59 Å². The number of allylic oxidation sites excluding steroid dienone is 1. The van der Waals surface area contributed by atoms with Crippen molar-refractivity contribution < 1.29 is 19.8 Å². The van der Waals surface area contributed by atoms with E-state index in [2.05, 4.69) is 0 Å². The molecule has 0 aromatic heterocycles. The van der Waals surface area contributed by atoms with Crippen LogP contribution in [0.5, 0.6) is 0 Å². The van der Waals surface area contributed by atoms with E-state index in [1.165, 1.54) is 13.0 Å². The van der Waals surface area contributed by atoms with Gasteiger partial charge >= 0.3 is 11.9 Å². The number of nitrogens with two attached hydrogens (primary N) is 1. The number of carbonyl (C=O) groups is 2. The lowest BCUT2D eigenvalue weighted by Crippen LogP contribution is -2.31. The minimum Gasteiger partial charge on any atom is -0.480 e. The van der Waals surface area contributed by atoms with E-state index in [-0.39, 0.29) is 12.0 Å². The van der Waals surface area contributed by atoms with E-state index in [0.717, 1.165) is 0 Å². The van der Waals surface area contributed by atoms with Crippen LogP contribution < -0.4 is 5.73 Å². The summed E-state index contributed by atoms with van der Waals surface area (Å²) in [5.74, 6) is -2.33. The molecular weight excluding hydrogens is 162 g/mol. The standard InChI is InChI=1S/C7H11NO4/c1-2-4(6(9)10)3-5(8)7(11)12/h2,5H,3,8H2,1H3,(H,9,10)(H,11,12)/t5-/m0/s1. The molecule has 0 rings (SSSR count). The molecule has 68 valence electrons. The Morgan fingerprint density at radius 2 is 2.00 bits per heavy atom. The van der Waals surface area contributed by atoms with E-state index in [1.807, 2.05) is 0 Å². The highest BCUT2D eigenvalue weighted by molar-refractivity contribution is 5.88. The molecule has 0 saturated carbocycles. The molecule has 0 aliphatic heterocycles. The van der Waals surface area contributed by atoms with Crippen LogP contribution in [0.4, 0.5) is 0 Å². The van der Waals surface area contributed by atoms with Gasteiger partial charge in [0.25, 0.3) is 0 Å². The molecule has 5 heteroatoms. The van der Waals surface area contributed by atoms with Crippen LogP contribution in [0, 0.1) is 0 Å². The quantitative estimate of drug-likeness (QED) is 0.512. The number of hydrogen-bond donors (Lipinski definition) is 3. The van der Waals surface area contributed by atoms with Gasteiger partial charge in [-0.05, 0) is 6.92 Å². The van der Waals surface area contributed by atoms with Crippen molar-refractivity contribution in [1.82, 2.24) is 0 Å². The average molecular weight is 173 g/mol. The van der Waals surface area contributed by atoms with Crippen molar-refractivity contribution in [2.45, 2.75) is 19.4 Å². The van der Waals surface area contributed by atoms with Crippen LogP contribution in [0.15, 0.2) is 11.6 Å². The minimum absolute atomic E-state index is 0.0184. The molecule has 12 heavy (non-hydrogen) atoms. The Labute approximate surface area is 69.5 Å². The van der Waals surface area contributed by atoms with Crippen molar-refractivity contribution in [3.05, 3.63) is 11.6 Å². The summed E-state index contributed by atoms with van der Waals surface area (Å²) in [5, 5.41) is 16.9. The Morgan fingerprint density at radius 3 is 2.25 bits per heavy atom. The Hall–Kier alpha value is -1.36. The summed E-state index contributed by atoms with van der Waals surface area (Å²) in [6.45, 7) is 1.53. The van der Waals surface area contributed by atoms with E-state index < -0.39 is 18.0 Å². The van der Waals surface area contributed by atoms with Gasteiger partial charge < -0.3 is 15.9 Å². The second kappa shape index (κ2) is 4.50. The topological polar surface area (TPSA) is 101 Å². The molecule has 0 bridgehead atoms. The lowest BCUT2D eigenvalue weighted by atomic mass is 10.1. The van der Waals surface area contributed by atoms with E-state index in [4.69, 9.17) is 15.9 Å². The fourth-order valence-electron chi connectivity index (χ4n) is 0.653. The Balaban J connectivity index is 4.23. The molecule has 0 unspecified atom stereocenters. The molecule has 0 radical (unpaired) electrons. The van der Waals surface area contributed by atoms with Gasteiger partial charge in [-0.15, -0.1) is 0 Å². The van der Waals surface area contributed by atoms with Crippen molar-refractivity contribution in [1.29, 1.82) is 0 Å². The normalized spacial score (nSPS) is 14.0. The van der Waals surface area contributed by atoms with Crippen molar-refractivity contribution in [2.75, 3.05) is 0 Å². The maximum atomic E-state index is 10.4. The third kappa shape index (κ3) is 3.16. The lowest BCUT2D eigenvalue weighted by Gasteiger charge is -2.05. The van der Waals surface area contributed by atoms with Crippen molar-refractivity contribution in [2.24, 2.45) is 5.73 Å². The fourth-order valence-corrected chi connectivity index (χ4v) is 0.653. The zero-order valence-electron chi connectivity index (χ0n) is 6.65. The number of hydrogen-bond acceptors (Lipinski definition) is 3. The molecule has 5 nitrogen and oxygen atoms in total. The molecule has 0 aliphatic rings. The lowest BCUT2D eigenvalue weighted by molar-refractivity contribution is -0.138. The second-order valence-corrected chi connectivity index (χ2v) is 2.27. The first kappa shape index (κ1) is 10.6. The zero-order valence-corrected chi connectivity index (χ0v) is 6.65. The Morgan fingerprint density at radius 1 is 1.50 bits per heavy atom. The molecule has 0 aliphatic carbocycles. The number of rotatable bonds is 4. The van der Waals surface area contributed by atoms with Gasteiger partial charge in [0, 0.05) is 12.0 Å². The molecule has 4 N–H and O–H groups in total.